The second-order valence-corrected chi connectivity index (χ2v) is 2.02. The Bertz CT molecular complexity index is 165. The molecule has 2 heteroatoms. The standard InChI is InChI=1S/C6H7NO/c1-2-8-4-5(1)6-3-7-6/h1-2,4,6-7H,3H2/t6-/m1/s1. The molecule has 1 N–H and O–H groups in total. The van der Waals surface area contributed by atoms with Gasteiger partial charge in [0.1, 0.15) is 0 Å². The third-order valence-corrected chi connectivity index (χ3v) is 1.35. The molecule has 0 radical (unpaired) electrons. The summed E-state index contributed by atoms with van der Waals surface area (Å²) in [5, 5.41) is 3.18. The van der Waals surface area contributed by atoms with Gasteiger partial charge in [-0.25, -0.2) is 0 Å². The lowest BCUT2D eigenvalue weighted by atomic mass is 10.3. The van der Waals surface area contributed by atoms with E-state index in [1.54, 1.807) is 12.5 Å². The Balaban J connectivity index is 2.28. The molecule has 2 rings (SSSR count). The van der Waals surface area contributed by atoms with E-state index < -0.39 is 0 Å². The van der Waals surface area contributed by atoms with Crippen LogP contribution in [0.4, 0.5) is 0 Å². The van der Waals surface area contributed by atoms with Crippen LogP contribution in [0, 0.1) is 0 Å². The molecular formula is C6H7NO. The summed E-state index contributed by atoms with van der Waals surface area (Å²) < 4.78 is 4.88. The van der Waals surface area contributed by atoms with Gasteiger partial charge in [-0.3, -0.25) is 0 Å². The minimum atomic E-state index is 0.591. The quantitative estimate of drug-likeness (QED) is 0.544. The van der Waals surface area contributed by atoms with E-state index in [9.17, 15) is 0 Å². The minimum absolute atomic E-state index is 0.591. The predicted molar refractivity (Wildman–Crippen MR) is 29.5 cm³/mol. The highest BCUT2D eigenvalue weighted by molar-refractivity contribution is 5.17. The van der Waals surface area contributed by atoms with Crippen LogP contribution >= 0.6 is 0 Å². The highest BCUT2D eigenvalue weighted by Crippen LogP contribution is 2.20. The van der Waals surface area contributed by atoms with Crippen LogP contribution < -0.4 is 5.32 Å². The molecule has 0 spiro atoms. The van der Waals surface area contributed by atoms with E-state index in [-0.39, 0.29) is 0 Å². The van der Waals surface area contributed by atoms with Gasteiger partial charge in [0.15, 0.2) is 0 Å². The fourth-order valence-electron chi connectivity index (χ4n) is 0.768. The second-order valence-electron chi connectivity index (χ2n) is 2.02. The van der Waals surface area contributed by atoms with Gasteiger partial charge >= 0.3 is 0 Å². The van der Waals surface area contributed by atoms with Crippen molar-refractivity contribution in [1.29, 1.82) is 0 Å². The van der Waals surface area contributed by atoms with Crippen LogP contribution in [-0.2, 0) is 0 Å². The lowest BCUT2D eigenvalue weighted by Gasteiger charge is -1.79. The molecule has 0 saturated carbocycles. The molecule has 1 aliphatic heterocycles. The maximum absolute atomic E-state index is 4.88. The molecule has 1 aromatic heterocycles. The smallest absolute Gasteiger partial charge is 0.0950 e. The average Bonchev–Trinajstić information content (AvgIpc) is 2.49. The zero-order valence-electron chi connectivity index (χ0n) is 4.42. The van der Waals surface area contributed by atoms with Crippen molar-refractivity contribution in [2.24, 2.45) is 0 Å². The van der Waals surface area contributed by atoms with E-state index in [1.807, 2.05) is 6.07 Å². The third kappa shape index (κ3) is 0.537. The summed E-state index contributed by atoms with van der Waals surface area (Å²) in [4.78, 5) is 0. The first-order valence-corrected chi connectivity index (χ1v) is 2.72. The Hall–Kier alpha value is -0.760. The summed E-state index contributed by atoms with van der Waals surface area (Å²) in [6.45, 7) is 1.11. The van der Waals surface area contributed by atoms with Crippen molar-refractivity contribution >= 4 is 0 Å². The number of furan rings is 1. The van der Waals surface area contributed by atoms with Crippen LogP contribution in [-0.4, -0.2) is 6.54 Å². The maximum atomic E-state index is 4.88. The Kier molecular flexibility index (Phi) is 0.704. The Morgan fingerprint density at radius 1 is 1.75 bits per heavy atom. The lowest BCUT2D eigenvalue weighted by Crippen LogP contribution is -1.75. The summed E-state index contributed by atoms with van der Waals surface area (Å²) in [6.07, 6.45) is 3.49. The second kappa shape index (κ2) is 1.36. The molecule has 1 fully saturated rings. The number of hydrogen-bond donors (Lipinski definition) is 1. The Morgan fingerprint density at radius 2 is 2.62 bits per heavy atom. The van der Waals surface area contributed by atoms with Crippen LogP contribution in [0.2, 0.25) is 0 Å². The Labute approximate surface area is 47.5 Å². The van der Waals surface area contributed by atoms with E-state index in [2.05, 4.69) is 5.32 Å². The molecule has 8 heavy (non-hydrogen) atoms. The summed E-state index contributed by atoms with van der Waals surface area (Å²) >= 11 is 0. The zero-order chi connectivity index (χ0) is 5.40. The molecule has 0 aromatic carbocycles. The van der Waals surface area contributed by atoms with Gasteiger partial charge in [0.2, 0.25) is 0 Å². The summed E-state index contributed by atoms with van der Waals surface area (Å²) in [5.41, 5.74) is 1.27. The van der Waals surface area contributed by atoms with E-state index in [4.69, 9.17) is 4.42 Å². The topological polar surface area (TPSA) is 35.1 Å². The van der Waals surface area contributed by atoms with Crippen LogP contribution in [0.15, 0.2) is 23.0 Å². The normalized spacial score (nSPS) is 25.8. The fourth-order valence-corrected chi connectivity index (χ4v) is 0.768. The molecule has 1 aromatic rings. The number of nitrogens with one attached hydrogen (secondary N) is 1. The molecule has 0 amide bonds. The van der Waals surface area contributed by atoms with E-state index in [0.29, 0.717) is 6.04 Å². The van der Waals surface area contributed by atoms with Crippen LogP contribution in [0.25, 0.3) is 0 Å². The summed E-state index contributed by atoms with van der Waals surface area (Å²) in [5.74, 6) is 0. The van der Waals surface area contributed by atoms with Crippen LogP contribution in [0.3, 0.4) is 0 Å². The molecule has 42 valence electrons. The van der Waals surface area contributed by atoms with Gasteiger partial charge in [-0.05, 0) is 6.07 Å². The molecular weight excluding hydrogens is 102 g/mol. The first kappa shape index (κ1) is 4.15. The van der Waals surface area contributed by atoms with Crippen molar-refractivity contribution in [2.75, 3.05) is 6.54 Å². The first-order valence-electron chi connectivity index (χ1n) is 2.72. The number of rotatable bonds is 1. The minimum Gasteiger partial charge on any atom is -0.472 e. The molecule has 1 aliphatic rings. The van der Waals surface area contributed by atoms with E-state index in [0.717, 1.165) is 6.54 Å². The summed E-state index contributed by atoms with van der Waals surface area (Å²) in [7, 11) is 0. The van der Waals surface area contributed by atoms with Gasteiger partial charge in [-0.2, -0.15) is 0 Å². The molecule has 2 heterocycles. The van der Waals surface area contributed by atoms with E-state index in [1.165, 1.54) is 5.56 Å². The molecule has 0 bridgehead atoms. The highest BCUT2D eigenvalue weighted by Gasteiger charge is 2.22. The molecule has 1 saturated heterocycles. The SMILES string of the molecule is c1cc([C@H]2CN2)co1. The third-order valence-electron chi connectivity index (χ3n) is 1.35. The van der Waals surface area contributed by atoms with Gasteiger partial charge in [0.25, 0.3) is 0 Å². The van der Waals surface area contributed by atoms with Gasteiger partial charge < -0.3 is 9.73 Å². The van der Waals surface area contributed by atoms with E-state index >= 15 is 0 Å². The Morgan fingerprint density at radius 3 is 3.12 bits per heavy atom. The van der Waals surface area contributed by atoms with Crippen molar-refractivity contribution in [3.05, 3.63) is 24.2 Å². The first-order chi connectivity index (χ1) is 3.97. The lowest BCUT2D eigenvalue weighted by molar-refractivity contribution is 0.564. The van der Waals surface area contributed by atoms with Crippen molar-refractivity contribution < 1.29 is 4.42 Å². The van der Waals surface area contributed by atoms with Gasteiger partial charge in [-0.15, -0.1) is 0 Å². The van der Waals surface area contributed by atoms with Crippen LogP contribution in [0.5, 0.6) is 0 Å². The summed E-state index contributed by atoms with van der Waals surface area (Å²) in [6, 6.07) is 2.58. The van der Waals surface area contributed by atoms with Gasteiger partial charge in [0.05, 0.1) is 12.5 Å². The van der Waals surface area contributed by atoms with Crippen LogP contribution in [0.1, 0.15) is 11.6 Å². The average molecular weight is 109 g/mol. The van der Waals surface area contributed by atoms with Crippen molar-refractivity contribution in [3.8, 4) is 0 Å². The van der Waals surface area contributed by atoms with Crippen molar-refractivity contribution in [3.63, 3.8) is 0 Å². The van der Waals surface area contributed by atoms with Gasteiger partial charge in [-0.1, -0.05) is 0 Å². The zero-order valence-corrected chi connectivity index (χ0v) is 4.42. The molecule has 0 aliphatic carbocycles. The highest BCUT2D eigenvalue weighted by atomic mass is 16.3. The van der Waals surface area contributed by atoms with Crippen molar-refractivity contribution in [1.82, 2.24) is 5.32 Å². The fraction of sp³-hybridized carbons (Fsp3) is 0.333. The molecule has 1 atom stereocenters. The maximum Gasteiger partial charge on any atom is 0.0950 e. The number of hydrogen-bond acceptors (Lipinski definition) is 2. The van der Waals surface area contributed by atoms with Gasteiger partial charge in [0, 0.05) is 18.2 Å². The molecule has 0 unspecified atom stereocenters. The van der Waals surface area contributed by atoms with Crippen molar-refractivity contribution in [2.45, 2.75) is 6.04 Å². The molecule has 2 nitrogen and oxygen atoms in total. The monoisotopic (exact) mass is 109 g/mol. The predicted octanol–water partition coefficient (Wildman–Crippen LogP) is 0.924. The largest absolute Gasteiger partial charge is 0.472 e.